The van der Waals surface area contributed by atoms with Crippen molar-refractivity contribution in [2.75, 3.05) is 13.2 Å². The molecule has 0 spiro atoms. The van der Waals surface area contributed by atoms with E-state index in [1.54, 1.807) is 0 Å². The maximum atomic E-state index is 9.60. The first-order valence-electron chi connectivity index (χ1n) is 5.86. The zero-order valence-corrected chi connectivity index (χ0v) is 9.33. The van der Waals surface area contributed by atoms with E-state index in [4.69, 9.17) is 4.74 Å². The fraction of sp³-hybridized carbons (Fsp3) is 1.00. The van der Waals surface area contributed by atoms with Gasteiger partial charge in [0.1, 0.15) is 0 Å². The van der Waals surface area contributed by atoms with Gasteiger partial charge in [-0.05, 0) is 42.9 Å². The Morgan fingerprint density at radius 3 is 2.29 bits per heavy atom. The lowest BCUT2D eigenvalue weighted by Gasteiger charge is -2.41. The summed E-state index contributed by atoms with van der Waals surface area (Å²) in [6, 6.07) is 0. The summed E-state index contributed by atoms with van der Waals surface area (Å²) < 4.78 is 5.30. The van der Waals surface area contributed by atoms with E-state index in [1.165, 1.54) is 19.3 Å². The molecule has 82 valence electrons. The number of aliphatic hydroxyl groups is 1. The molecule has 1 aliphatic carbocycles. The molecule has 0 aromatic rings. The molecule has 1 N–H and O–H groups in total. The van der Waals surface area contributed by atoms with Gasteiger partial charge in [0.2, 0.25) is 0 Å². The van der Waals surface area contributed by atoms with Crippen molar-refractivity contribution in [1.29, 1.82) is 0 Å². The van der Waals surface area contributed by atoms with Crippen LogP contribution in [0.25, 0.3) is 0 Å². The fourth-order valence-corrected chi connectivity index (χ4v) is 3.44. The highest BCUT2D eigenvalue weighted by Crippen LogP contribution is 2.46. The van der Waals surface area contributed by atoms with Crippen molar-refractivity contribution in [2.45, 2.75) is 45.6 Å². The molecule has 14 heavy (non-hydrogen) atoms. The third-order valence-corrected chi connectivity index (χ3v) is 3.77. The molecule has 1 saturated heterocycles. The van der Waals surface area contributed by atoms with Gasteiger partial charge in [-0.3, -0.25) is 0 Å². The van der Waals surface area contributed by atoms with Crippen LogP contribution in [0, 0.1) is 17.3 Å². The first-order chi connectivity index (χ1) is 6.63. The largest absolute Gasteiger partial charge is 0.396 e. The van der Waals surface area contributed by atoms with Gasteiger partial charge in [-0.2, -0.15) is 0 Å². The monoisotopic (exact) mass is 198 g/mol. The molecule has 3 atom stereocenters. The number of hydrogen-bond donors (Lipinski definition) is 1. The maximum Gasteiger partial charge on any atom is 0.0816 e. The molecule has 1 heterocycles. The first-order valence-corrected chi connectivity index (χ1v) is 5.86. The predicted octanol–water partition coefficient (Wildman–Crippen LogP) is 2.21. The lowest BCUT2D eigenvalue weighted by atomic mass is 9.65. The van der Waals surface area contributed by atoms with E-state index in [-0.39, 0.29) is 5.41 Å². The lowest BCUT2D eigenvalue weighted by molar-refractivity contribution is 0.0237. The number of rotatable bonds is 3. The Morgan fingerprint density at radius 1 is 1.29 bits per heavy atom. The summed E-state index contributed by atoms with van der Waals surface area (Å²) in [7, 11) is 0. The molecule has 0 radical (unpaired) electrons. The SMILES string of the molecule is CC1CC(C)CC(CO)(CC2CO2)C1. The van der Waals surface area contributed by atoms with Crippen molar-refractivity contribution < 1.29 is 9.84 Å². The number of epoxide rings is 1. The summed E-state index contributed by atoms with van der Waals surface area (Å²) in [5.74, 6) is 1.54. The minimum absolute atomic E-state index is 0.179. The number of aliphatic hydroxyl groups excluding tert-OH is 1. The summed E-state index contributed by atoms with van der Waals surface area (Å²) in [6.45, 7) is 5.90. The van der Waals surface area contributed by atoms with Gasteiger partial charge in [-0.25, -0.2) is 0 Å². The molecule has 0 aromatic heterocycles. The molecular formula is C12H22O2. The Balaban J connectivity index is 2.00. The molecule has 1 aliphatic heterocycles. The van der Waals surface area contributed by atoms with Gasteiger partial charge in [0, 0.05) is 6.61 Å². The van der Waals surface area contributed by atoms with E-state index in [2.05, 4.69) is 13.8 Å². The van der Waals surface area contributed by atoms with Crippen LogP contribution in [-0.4, -0.2) is 24.4 Å². The highest BCUT2D eigenvalue weighted by molar-refractivity contribution is 4.91. The zero-order chi connectivity index (χ0) is 10.2. The summed E-state index contributed by atoms with van der Waals surface area (Å²) in [5.41, 5.74) is 0.179. The Morgan fingerprint density at radius 2 is 1.86 bits per heavy atom. The molecule has 2 aliphatic rings. The minimum atomic E-state index is 0.179. The normalized spacial score (nSPS) is 47.8. The van der Waals surface area contributed by atoms with Gasteiger partial charge in [-0.15, -0.1) is 0 Å². The van der Waals surface area contributed by atoms with Gasteiger partial charge in [0.15, 0.2) is 0 Å². The third-order valence-electron chi connectivity index (χ3n) is 3.77. The van der Waals surface area contributed by atoms with Crippen LogP contribution in [-0.2, 0) is 4.74 Å². The lowest BCUT2D eigenvalue weighted by Crippen LogP contribution is -2.36. The van der Waals surface area contributed by atoms with Crippen molar-refractivity contribution in [3.05, 3.63) is 0 Å². The standard InChI is InChI=1S/C12H22O2/c1-9-3-10(2)5-12(4-9,8-13)6-11-7-14-11/h9-11,13H,3-8H2,1-2H3. The van der Waals surface area contributed by atoms with Crippen LogP contribution in [0.4, 0.5) is 0 Å². The Hall–Kier alpha value is -0.0800. The minimum Gasteiger partial charge on any atom is -0.396 e. The quantitative estimate of drug-likeness (QED) is 0.705. The van der Waals surface area contributed by atoms with Crippen LogP contribution in [0.5, 0.6) is 0 Å². The van der Waals surface area contributed by atoms with Gasteiger partial charge >= 0.3 is 0 Å². The second-order valence-corrected chi connectivity index (χ2v) is 5.67. The summed E-state index contributed by atoms with van der Waals surface area (Å²) >= 11 is 0. The van der Waals surface area contributed by atoms with Crippen LogP contribution in [0.2, 0.25) is 0 Å². The van der Waals surface area contributed by atoms with Crippen molar-refractivity contribution >= 4 is 0 Å². The molecule has 2 rings (SSSR count). The van der Waals surface area contributed by atoms with Gasteiger partial charge in [-0.1, -0.05) is 13.8 Å². The van der Waals surface area contributed by atoms with Gasteiger partial charge < -0.3 is 9.84 Å². The predicted molar refractivity (Wildman–Crippen MR) is 56.1 cm³/mol. The second kappa shape index (κ2) is 3.82. The smallest absolute Gasteiger partial charge is 0.0816 e. The molecule has 2 nitrogen and oxygen atoms in total. The summed E-state index contributed by atoms with van der Waals surface area (Å²) in [5, 5.41) is 9.60. The molecular weight excluding hydrogens is 176 g/mol. The molecule has 2 fully saturated rings. The average Bonchev–Trinajstić information content (AvgIpc) is 2.86. The third kappa shape index (κ3) is 2.29. The van der Waals surface area contributed by atoms with Crippen molar-refractivity contribution in [1.82, 2.24) is 0 Å². The van der Waals surface area contributed by atoms with E-state index >= 15 is 0 Å². The maximum absolute atomic E-state index is 9.60. The Labute approximate surface area is 86.6 Å². The van der Waals surface area contributed by atoms with Crippen LogP contribution in [0.15, 0.2) is 0 Å². The highest BCUT2D eigenvalue weighted by Gasteiger charge is 2.42. The number of ether oxygens (including phenoxy) is 1. The van der Waals surface area contributed by atoms with E-state index in [0.29, 0.717) is 12.7 Å². The van der Waals surface area contributed by atoms with Gasteiger partial charge in [0.25, 0.3) is 0 Å². The highest BCUT2D eigenvalue weighted by atomic mass is 16.6. The average molecular weight is 198 g/mol. The van der Waals surface area contributed by atoms with Crippen molar-refractivity contribution in [3.63, 3.8) is 0 Å². The van der Waals surface area contributed by atoms with Crippen LogP contribution < -0.4 is 0 Å². The van der Waals surface area contributed by atoms with Crippen molar-refractivity contribution in [2.24, 2.45) is 17.3 Å². The van der Waals surface area contributed by atoms with Gasteiger partial charge in [0.05, 0.1) is 12.7 Å². The zero-order valence-electron chi connectivity index (χ0n) is 9.33. The molecule has 3 unspecified atom stereocenters. The number of hydrogen-bond acceptors (Lipinski definition) is 2. The van der Waals surface area contributed by atoms with E-state index in [1.807, 2.05) is 0 Å². The van der Waals surface area contributed by atoms with Crippen molar-refractivity contribution in [3.8, 4) is 0 Å². The molecule has 0 amide bonds. The van der Waals surface area contributed by atoms with E-state index in [0.717, 1.165) is 24.9 Å². The second-order valence-electron chi connectivity index (χ2n) is 5.67. The van der Waals surface area contributed by atoms with E-state index < -0.39 is 0 Å². The summed E-state index contributed by atoms with van der Waals surface area (Å²) in [4.78, 5) is 0. The molecule has 1 saturated carbocycles. The topological polar surface area (TPSA) is 32.8 Å². The first kappa shape index (κ1) is 10.4. The molecule has 0 bridgehead atoms. The Kier molecular flexibility index (Phi) is 2.85. The van der Waals surface area contributed by atoms with E-state index in [9.17, 15) is 5.11 Å². The van der Waals surface area contributed by atoms with Crippen LogP contribution in [0.1, 0.15) is 39.5 Å². The Bertz CT molecular complexity index is 183. The molecule has 2 heteroatoms. The fourth-order valence-electron chi connectivity index (χ4n) is 3.44. The summed E-state index contributed by atoms with van der Waals surface area (Å²) in [6.07, 6.45) is 5.24. The molecule has 0 aromatic carbocycles. The van der Waals surface area contributed by atoms with Crippen LogP contribution in [0.3, 0.4) is 0 Å². The van der Waals surface area contributed by atoms with Crippen LogP contribution >= 0.6 is 0 Å².